The molecule has 7 heteroatoms. The number of nitrogens with zero attached hydrogens (tertiary/aromatic N) is 1. The Balaban J connectivity index is 1.80. The first-order chi connectivity index (χ1) is 13.2. The van der Waals surface area contributed by atoms with Crippen LogP contribution in [0.2, 0.25) is 0 Å². The number of carbonyl (C=O) groups excluding carboxylic acids is 2. The molecule has 0 aliphatic heterocycles. The summed E-state index contributed by atoms with van der Waals surface area (Å²) in [7, 11) is 3.32. The molecule has 148 valence electrons. The largest absolute Gasteiger partial charge is 0.349 e. The fourth-order valence-corrected chi connectivity index (χ4v) is 3.79. The third kappa shape index (κ3) is 4.35. The summed E-state index contributed by atoms with van der Waals surface area (Å²) in [6.07, 6.45) is 0.863. The van der Waals surface area contributed by atoms with Crippen molar-refractivity contribution >= 4 is 11.8 Å². The molecule has 2 aromatic rings. The van der Waals surface area contributed by atoms with Gasteiger partial charge in [0.25, 0.3) is 5.91 Å². The highest BCUT2D eigenvalue weighted by Gasteiger charge is 2.40. The number of hydrogen-bond donors (Lipinski definition) is 1. The van der Waals surface area contributed by atoms with Gasteiger partial charge in [0, 0.05) is 37.7 Å². The maximum absolute atomic E-state index is 13.4. The van der Waals surface area contributed by atoms with Crippen LogP contribution in [-0.4, -0.2) is 36.9 Å². The second kappa shape index (κ2) is 8.04. The van der Waals surface area contributed by atoms with Crippen LogP contribution in [0.15, 0.2) is 42.5 Å². The first-order valence-corrected chi connectivity index (χ1v) is 8.98. The lowest BCUT2D eigenvalue weighted by molar-refractivity contribution is -0.133. The smallest absolute Gasteiger partial charge is 0.251 e. The molecule has 0 radical (unpaired) electrons. The second-order valence-corrected chi connectivity index (χ2v) is 7.30. The van der Waals surface area contributed by atoms with Gasteiger partial charge < -0.3 is 10.2 Å². The minimum absolute atomic E-state index is 0.0807. The summed E-state index contributed by atoms with van der Waals surface area (Å²) in [5.41, 5.74) is 0.702. The Hall–Kier alpha value is -2.83. The predicted octanol–water partition coefficient (Wildman–Crippen LogP) is 3.48. The first-order valence-electron chi connectivity index (χ1n) is 8.98. The van der Waals surface area contributed by atoms with E-state index in [0.717, 1.165) is 17.7 Å². The Morgan fingerprint density at radius 1 is 0.929 bits per heavy atom. The molecule has 0 unspecified atom stereocenters. The summed E-state index contributed by atoms with van der Waals surface area (Å²) < 4.78 is 40.0. The molecule has 3 rings (SSSR count). The van der Waals surface area contributed by atoms with E-state index in [9.17, 15) is 22.8 Å². The van der Waals surface area contributed by atoms with Crippen LogP contribution in [0, 0.1) is 23.4 Å². The van der Waals surface area contributed by atoms with Crippen molar-refractivity contribution in [1.29, 1.82) is 0 Å². The Bertz CT molecular complexity index is 863. The average molecular weight is 390 g/mol. The van der Waals surface area contributed by atoms with Crippen molar-refractivity contribution in [2.75, 3.05) is 14.1 Å². The number of benzene rings is 2. The quantitative estimate of drug-likeness (QED) is 0.869. The molecule has 28 heavy (non-hydrogen) atoms. The van der Waals surface area contributed by atoms with Gasteiger partial charge in [-0.15, -0.1) is 0 Å². The Morgan fingerprint density at radius 2 is 1.54 bits per heavy atom. The van der Waals surface area contributed by atoms with Crippen LogP contribution in [0.3, 0.4) is 0 Å². The number of rotatable bonds is 4. The molecule has 0 aromatic heterocycles. The zero-order valence-electron chi connectivity index (χ0n) is 15.6. The number of amides is 2. The summed E-state index contributed by atoms with van der Waals surface area (Å²) in [5.74, 6) is -3.28. The van der Waals surface area contributed by atoms with Crippen LogP contribution in [0.4, 0.5) is 13.2 Å². The summed E-state index contributed by atoms with van der Waals surface area (Å²) in [4.78, 5) is 26.5. The normalized spacial score (nSPS) is 21.4. The van der Waals surface area contributed by atoms with E-state index < -0.39 is 17.5 Å². The lowest BCUT2D eigenvalue weighted by Crippen LogP contribution is -2.34. The maximum atomic E-state index is 13.4. The highest BCUT2D eigenvalue weighted by atomic mass is 19.1. The number of halogens is 3. The van der Waals surface area contributed by atoms with Crippen LogP contribution in [0.25, 0.3) is 0 Å². The van der Waals surface area contributed by atoms with Crippen molar-refractivity contribution in [3.05, 3.63) is 71.0 Å². The van der Waals surface area contributed by atoms with Crippen molar-refractivity contribution in [1.82, 2.24) is 10.2 Å². The standard InChI is InChI=1S/C21H21F3N2O2/c1-26(2)21(28)19-11-17(10-18(19)12-3-5-14(22)6-4-12)25-20(27)13-7-15(23)9-16(24)8-13/h3-9,17-19H,10-11H2,1-2H3,(H,25,27)/t17-,18+,19-/m0/s1. The summed E-state index contributed by atoms with van der Waals surface area (Å²) in [6.45, 7) is 0. The molecule has 0 spiro atoms. The molecule has 0 bridgehead atoms. The van der Waals surface area contributed by atoms with Gasteiger partial charge in [0.2, 0.25) is 5.91 Å². The van der Waals surface area contributed by atoms with Crippen molar-refractivity contribution in [3.63, 3.8) is 0 Å². The van der Waals surface area contributed by atoms with Gasteiger partial charge >= 0.3 is 0 Å². The first kappa shape index (κ1) is 19.9. The van der Waals surface area contributed by atoms with E-state index in [0.29, 0.717) is 18.9 Å². The van der Waals surface area contributed by atoms with E-state index in [2.05, 4.69) is 5.32 Å². The van der Waals surface area contributed by atoms with Gasteiger partial charge in [-0.25, -0.2) is 13.2 Å². The molecule has 4 nitrogen and oxygen atoms in total. The van der Waals surface area contributed by atoms with E-state index >= 15 is 0 Å². The van der Waals surface area contributed by atoms with Gasteiger partial charge in [-0.2, -0.15) is 0 Å². The fraction of sp³-hybridized carbons (Fsp3) is 0.333. The van der Waals surface area contributed by atoms with Crippen LogP contribution < -0.4 is 5.32 Å². The predicted molar refractivity (Wildman–Crippen MR) is 98.2 cm³/mol. The van der Waals surface area contributed by atoms with E-state index in [4.69, 9.17) is 0 Å². The molecule has 2 aromatic carbocycles. The van der Waals surface area contributed by atoms with Crippen molar-refractivity contribution in [3.8, 4) is 0 Å². The van der Waals surface area contributed by atoms with Crippen molar-refractivity contribution < 1.29 is 22.8 Å². The van der Waals surface area contributed by atoms with Crippen LogP contribution in [0.5, 0.6) is 0 Å². The number of nitrogens with one attached hydrogen (secondary N) is 1. The van der Waals surface area contributed by atoms with Crippen LogP contribution in [-0.2, 0) is 4.79 Å². The average Bonchev–Trinajstić information content (AvgIpc) is 3.04. The van der Waals surface area contributed by atoms with E-state index in [1.165, 1.54) is 17.0 Å². The fourth-order valence-electron chi connectivity index (χ4n) is 3.79. The van der Waals surface area contributed by atoms with Gasteiger partial charge in [0.05, 0.1) is 0 Å². The Labute approximate surface area is 161 Å². The SMILES string of the molecule is CN(C)C(=O)[C@H]1C[C@@H](NC(=O)c2cc(F)cc(F)c2)C[C@@H]1c1ccc(F)cc1. The topological polar surface area (TPSA) is 49.4 Å². The maximum Gasteiger partial charge on any atom is 0.251 e. The third-order valence-electron chi connectivity index (χ3n) is 5.08. The van der Waals surface area contributed by atoms with Gasteiger partial charge in [-0.3, -0.25) is 9.59 Å². The lowest BCUT2D eigenvalue weighted by Gasteiger charge is -2.22. The van der Waals surface area contributed by atoms with E-state index in [-0.39, 0.29) is 35.2 Å². The molecule has 1 fully saturated rings. The summed E-state index contributed by atoms with van der Waals surface area (Å²) in [6, 6.07) is 8.25. The molecule has 0 saturated heterocycles. The van der Waals surface area contributed by atoms with Gasteiger partial charge in [-0.1, -0.05) is 12.1 Å². The molecule has 0 heterocycles. The van der Waals surface area contributed by atoms with E-state index in [1.807, 2.05) is 0 Å². The zero-order valence-corrected chi connectivity index (χ0v) is 15.6. The highest BCUT2D eigenvalue weighted by molar-refractivity contribution is 5.94. The molecule has 1 aliphatic carbocycles. The van der Waals surface area contributed by atoms with Crippen LogP contribution >= 0.6 is 0 Å². The molecule has 3 atom stereocenters. The number of carbonyl (C=O) groups is 2. The molecular formula is C21H21F3N2O2. The molecule has 2 amide bonds. The Morgan fingerprint density at radius 3 is 2.11 bits per heavy atom. The van der Waals surface area contributed by atoms with Gasteiger partial charge in [0.1, 0.15) is 17.5 Å². The van der Waals surface area contributed by atoms with Gasteiger partial charge in [-0.05, 0) is 48.6 Å². The lowest BCUT2D eigenvalue weighted by atomic mass is 9.88. The second-order valence-electron chi connectivity index (χ2n) is 7.30. The van der Waals surface area contributed by atoms with Crippen molar-refractivity contribution in [2.45, 2.75) is 24.8 Å². The minimum atomic E-state index is -0.832. The van der Waals surface area contributed by atoms with E-state index in [1.54, 1.807) is 26.2 Å². The monoisotopic (exact) mass is 390 g/mol. The van der Waals surface area contributed by atoms with Gasteiger partial charge in [0.15, 0.2) is 0 Å². The highest BCUT2D eigenvalue weighted by Crippen LogP contribution is 2.40. The summed E-state index contributed by atoms with van der Waals surface area (Å²) in [5, 5.41) is 2.77. The van der Waals surface area contributed by atoms with Crippen molar-refractivity contribution in [2.24, 2.45) is 5.92 Å². The number of hydrogen-bond acceptors (Lipinski definition) is 2. The minimum Gasteiger partial charge on any atom is -0.349 e. The van der Waals surface area contributed by atoms with Crippen LogP contribution in [0.1, 0.15) is 34.7 Å². The Kier molecular flexibility index (Phi) is 5.72. The molecular weight excluding hydrogens is 369 g/mol. The zero-order chi connectivity index (χ0) is 20.4. The molecule has 1 N–H and O–H groups in total. The summed E-state index contributed by atoms with van der Waals surface area (Å²) >= 11 is 0. The molecule has 1 aliphatic rings. The molecule has 1 saturated carbocycles. The third-order valence-corrected chi connectivity index (χ3v) is 5.08.